The Hall–Kier alpha value is -2.79. The normalized spacial score (nSPS) is 23.5. The summed E-state index contributed by atoms with van der Waals surface area (Å²) in [6, 6.07) is 14.0. The van der Waals surface area contributed by atoms with Crippen LogP contribution in [-0.4, -0.2) is 44.7 Å². The Bertz CT molecular complexity index is 983. The van der Waals surface area contributed by atoms with Crippen LogP contribution in [0, 0.1) is 6.92 Å². The van der Waals surface area contributed by atoms with Gasteiger partial charge in [0.05, 0.1) is 19.8 Å². The largest absolute Gasteiger partial charge is 0.493 e. The molecule has 5 nitrogen and oxygen atoms in total. The van der Waals surface area contributed by atoms with Gasteiger partial charge in [-0.25, -0.2) is 4.79 Å². The number of carbonyl (C=O) groups is 1. The first-order valence-corrected chi connectivity index (χ1v) is 10.4. The Morgan fingerprint density at radius 2 is 1.87 bits per heavy atom. The van der Waals surface area contributed by atoms with Gasteiger partial charge in [0.2, 0.25) is 0 Å². The van der Waals surface area contributed by atoms with E-state index < -0.39 is 0 Å². The lowest BCUT2D eigenvalue weighted by Crippen LogP contribution is -2.43. The van der Waals surface area contributed by atoms with Crippen LogP contribution in [0.3, 0.4) is 0 Å². The van der Waals surface area contributed by atoms with E-state index in [9.17, 15) is 4.79 Å². The van der Waals surface area contributed by atoms with Crippen molar-refractivity contribution >= 4 is 5.97 Å². The van der Waals surface area contributed by atoms with Gasteiger partial charge in [0.15, 0.2) is 11.5 Å². The number of fused-ring (bicyclic) bond motifs is 1. The van der Waals surface area contributed by atoms with E-state index in [-0.39, 0.29) is 17.4 Å². The molecule has 2 aromatic carbocycles. The molecule has 2 atom stereocenters. The van der Waals surface area contributed by atoms with E-state index in [1.165, 1.54) is 5.56 Å². The van der Waals surface area contributed by atoms with Crippen LogP contribution in [0.2, 0.25) is 0 Å². The molecule has 1 saturated heterocycles. The molecule has 1 unspecified atom stereocenters. The van der Waals surface area contributed by atoms with E-state index in [1.807, 2.05) is 37.3 Å². The van der Waals surface area contributed by atoms with E-state index in [1.54, 1.807) is 14.2 Å². The second-order valence-electron chi connectivity index (χ2n) is 8.26. The third kappa shape index (κ3) is 3.47. The van der Waals surface area contributed by atoms with Crippen molar-refractivity contribution in [3.05, 3.63) is 71.0 Å². The van der Waals surface area contributed by atoms with Crippen molar-refractivity contribution in [3.8, 4) is 11.5 Å². The molecule has 0 spiro atoms. The number of likely N-dealkylation sites (tertiary alicyclic amines) is 1. The van der Waals surface area contributed by atoms with Gasteiger partial charge in [0, 0.05) is 17.9 Å². The molecule has 0 amide bonds. The molecule has 0 aromatic heterocycles. The summed E-state index contributed by atoms with van der Waals surface area (Å²) < 4.78 is 16.8. The fourth-order valence-corrected chi connectivity index (χ4v) is 4.94. The Labute approximate surface area is 178 Å². The van der Waals surface area contributed by atoms with Gasteiger partial charge in [0.25, 0.3) is 0 Å². The summed E-state index contributed by atoms with van der Waals surface area (Å²) in [6.45, 7) is 2.94. The van der Waals surface area contributed by atoms with Crippen molar-refractivity contribution in [2.24, 2.45) is 0 Å². The summed E-state index contributed by atoms with van der Waals surface area (Å²) in [4.78, 5) is 15.1. The summed E-state index contributed by atoms with van der Waals surface area (Å²) >= 11 is 0. The van der Waals surface area contributed by atoms with Gasteiger partial charge in [-0.3, -0.25) is 0 Å². The molecule has 1 aliphatic heterocycles. The average molecular weight is 408 g/mol. The monoisotopic (exact) mass is 407 g/mol. The van der Waals surface area contributed by atoms with Crippen molar-refractivity contribution in [1.29, 1.82) is 0 Å². The quantitative estimate of drug-likeness (QED) is 0.684. The molecule has 0 bridgehead atoms. The fourth-order valence-electron chi connectivity index (χ4n) is 4.94. The van der Waals surface area contributed by atoms with Crippen LogP contribution in [0.1, 0.15) is 40.7 Å². The molecule has 0 N–H and O–H groups in total. The lowest BCUT2D eigenvalue weighted by atomic mass is 9.68. The van der Waals surface area contributed by atoms with E-state index in [0.717, 1.165) is 42.2 Å². The number of ether oxygens (including phenoxy) is 3. The van der Waals surface area contributed by atoms with Crippen LogP contribution in [0.15, 0.2) is 54.3 Å². The summed E-state index contributed by atoms with van der Waals surface area (Å²) in [6.07, 6.45) is 4.69. The zero-order valence-electron chi connectivity index (χ0n) is 18.1. The first-order chi connectivity index (χ1) is 14.5. The number of hydrogen-bond acceptors (Lipinski definition) is 5. The highest BCUT2D eigenvalue weighted by atomic mass is 16.5. The third-order valence-electron chi connectivity index (χ3n) is 6.72. The number of rotatable bonds is 5. The molecule has 1 fully saturated rings. The maximum Gasteiger partial charge on any atom is 0.343 e. The van der Waals surface area contributed by atoms with E-state index in [4.69, 9.17) is 14.2 Å². The molecule has 2 aromatic rings. The Balaban J connectivity index is 1.62. The van der Waals surface area contributed by atoms with Gasteiger partial charge >= 0.3 is 5.97 Å². The predicted octanol–water partition coefficient (Wildman–Crippen LogP) is 4.49. The first-order valence-electron chi connectivity index (χ1n) is 10.4. The van der Waals surface area contributed by atoms with Crippen molar-refractivity contribution in [1.82, 2.24) is 4.90 Å². The number of likely N-dealkylation sites (N-methyl/N-ethyl adjacent to an activating group) is 1. The van der Waals surface area contributed by atoms with Crippen LogP contribution in [-0.2, 0) is 10.2 Å². The molecule has 0 saturated carbocycles. The maximum absolute atomic E-state index is 12.7. The minimum atomic E-state index is -0.279. The zero-order chi connectivity index (χ0) is 21.3. The van der Waals surface area contributed by atoms with Gasteiger partial charge in [-0.2, -0.15) is 0 Å². The highest BCUT2D eigenvalue weighted by molar-refractivity contribution is 5.91. The number of aryl methyl sites for hydroxylation is 1. The third-order valence-corrected chi connectivity index (χ3v) is 6.72. The van der Waals surface area contributed by atoms with Gasteiger partial charge in [-0.05, 0) is 68.8 Å². The Kier molecular flexibility index (Phi) is 5.56. The highest BCUT2D eigenvalue weighted by Gasteiger charge is 2.49. The van der Waals surface area contributed by atoms with Crippen molar-refractivity contribution < 1.29 is 19.0 Å². The van der Waals surface area contributed by atoms with E-state index in [0.29, 0.717) is 12.0 Å². The molecule has 30 heavy (non-hydrogen) atoms. The average Bonchev–Trinajstić information content (AvgIpc) is 3.10. The fraction of sp³-hybridized carbons (Fsp3) is 0.400. The highest BCUT2D eigenvalue weighted by Crippen LogP contribution is 2.49. The second-order valence-corrected chi connectivity index (χ2v) is 8.26. The minimum absolute atomic E-state index is 0.0210. The molecule has 1 heterocycles. The van der Waals surface area contributed by atoms with Gasteiger partial charge < -0.3 is 19.1 Å². The summed E-state index contributed by atoms with van der Waals surface area (Å²) in [7, 11) is 5.47. The second kappa shape index (κ2) is 8.15. The van der Waals surface area contributed by atoms with Crippen molar-refractivity contribution in [2.75, 3.05) is 27.8 Å². The van der Waals surface area contributed by atoms with Gasteiger partial charge in [-0.15, -0.1) is 0 Å². The SMILES string of the molecule is COc1ccc(C23CC=C(OC(=O)c4ccccc4C)C[C@@H]2N(C)CC3)cc1OC. The number of benzene rings is 2. The number of esters is 1. The molecular formula is C25H29NO4. The summed E-state index contributed by atoms with van der Waals surface area (Å²) in [5, 5.41) is 0. The lowest BCUT2D eigenvalue weighted by Gasteiger charge is -2.40. The van der Waals surface area contributed by atoms with Crippen LogP contribution in [0.25, 0.3) is 0 Å². The van der Waals surface area contributed by atoms with Crippen molar-refractivity contribution in [3.63, 3.8) is 0 Å². The molecule has 0 radical (unpaired) electrons. The van der Waals surface area contributed by atoms with Gasteiger partial charge in [-0.1, -0.05) is 24.3 Å². The Morgan fingerprint density at radius 3 is 2.60 bits per heavy atom. The summed E-state index contributed by atoms with van der Waals surface area (Å²) in [5.74, 6) is 1.97. The molecule has 4 rings (SSSR count). The standard InChI is InChI=1S/C25H29NO4/c1-17-7-5-6-8-20(17)24(27)30-19-11-12-25(13-14-26(2)23(25)16-19)18-9-10-21(28-3)22(15-18)29-4/h5-11,15,23H,12-14,16H2,1-4H3/t23-,25?/m0/s1. The van der Waals surface area contributed by atoms with Crippen molar-refractivity contribution in [2.45, 2.75) is 37.6 Å². The number of carbonyl (C=O) groups excluding carboxylic acids is 1. The molecule has 2 aliphatic rings. The topological polar surface area (TPSA) is 48.0 Å². The zero-order valence-corrected chi connectivity index (χ0v) is 18.1. The lowest BCUT2D eigenvalue weighted by molar-refractivity contribution is 0.0579. The van der Waals surface area contributed by atoms with Crippen LogP contribution >= 0.6 is 0 Å². The van der Waals surface area contributed by atoms with Crippen LogP contribution < -0.4 is 9.47 Å². The first kappa shape index (κ1) is 20.5. The smallest absolute Gasteiger partial charge is 0.343 e. The Morgan fingerprint density at radius 1 is 1.10 bits per heavy atom. The predicted molar refractivity (Wildman–Crippen MR) is 116 cm³/mol. The number of allylic oxidation sites excluding steroid dienone is 1. The number of nitrogens with zero attached hydrogens (tertiary/aromatic N) is 1. The molecular weight excluding hydrogens is 378 g/mol. The minimum Gasteiger partial charge on any atom is -0.493 e. The van der Waals surface area contributed by atoms with Crippen LogP contribution in [0.5, 0.6) is 11.5 Å². The number of methoxy groups -OCH3 is 2. The maximum atomic E-state index is 12.7. The molecule has 5 heteroatoms. The van der Waals surface area contributed by atoms with Crippen LogP contribution in [0.4, 0.5) is 0 Å². The molecule has 1 aliphatic carbocycles. The van der Waals surface area contributed by atoms with E-state index in [2.05, 4.69) is 30.2 Å². The molecule has 158 valence electrons. The van der Waals surface area contributed by atoms with Gasteiger partial charge in [0.1, 0.15) is 5.76 Å². The number of hydrogen-bond donors (Lipinski definition) is 0. The van der Waals surface area contributed by atoms with E-state index >= 15 is 0 Å². The summed E-state index contributed by atoms with van der Waals surface area (Å²) in [5.41, 5.74) is 2.77.